The van der Waals surface area contributed by atoms with E-state index in [0.29, 0.717) is 16.3 Å². The molecular formula is C17H15BrClN3O3. The van der Waals surface area contributed by atoms with Gasteiger partial charge in [0.2, 0.25) is 11.8 Å². The first-order valence-electron chi connectivity index (χ1n) is 7.30. The zero-order valence-electron chi connectivity index (χ0n) is 13.0. The van der Waals surface area contributed by atoms with Crippen molar-refractivity contribution in [3.63, 3.8) is 0 Å². The Morgan fingerprint density at radius 1 is 1.16 bits per heavy atom. The van der Waals surface area contributed by atoms with Crippen molar-refractivity contribution in [3.8, 4) is 5.75 Å². The van der Waals surface area contributed by atoms with E-state index >= 15 is 0 Å². The predicted molar refractivity (Wildman–Crippen MR) is 101 cm³/mol. The number of nitrogens with zero attached hydrogens (tertiary/aromatic N) is 1. The van der Waals surface area contributed by atoms with E-state index in [1.807, 2.05) is 0 Å². The molecule has 2 rings (SSSR count). The number of rotatable bonds is 6. The van der Waals surface area contributed by atoms with E-state index in [-0.39, 0.29) is 24.5 Å². The van der Waals surface area contributed by atoms with Crippen LogP contribution in [0.5, 0.6) is 5.75 Å². The minimum absolute atomic E-state index is 0.00525. The summed E-state index contributed by atoms with van der Waals surface area (Å²) in [4.78, 5) is 23.5. The van der Waals surface area contributed by atoms with Crippen LogP contribution in [0.3, 0.4) is 0 Å². The summed E-state index contributed by atoms with van der Waals surface area (Å²) in [7, 11) is 0. The molecule has 0 aromatic heterocycles. The number of nitrogens with one attached hydrogen (secondary N) is 2. The molecule has 3 N–H and O–H groups in total. The standard InChI is InChI=1S/C17H15BrClN3O3/c18-12-5-6-15(23)11(9-12)10-20-22-17(25)8-7-16(24)21-14-4-2-1-3-13(14)19/h1-6,9-10,23H,7-8H2,(H,21,24)(H,22,25). The Kier molecular flexibility index (Phi) is 6.97. The lowest BCUT2D eigenvalue weighted by Crippen LogP contribution is -2.20. The van der Waals surface area contributed by atoms with Gasteiger partial charge in [-0.25, -0.2) is 5.43 Å². The first-order chi connectivity index (χ1) is 12.0. The topological polar surface area (TPSA) is 90.8 Å². The molecule has 0 saturated heterocycles. The van der Waals surface area contributed by atoms with E-state index in [1.165, 1.54) is 12.3 Å². The van der Waals surface area contributed by atoms with Crippen LogP contribution in [0, 0.1) is 0 Å². The predicted octanol–water partition coefficient (Wildman–Crippen LogP) is 3.68. The van der Waals surface area contributed by atoms with E-state index in [4.69, 9.17) is 11.6 Å². The van der Waals surface area contributed by atoms with Crippen LogP contribution in [0.1, 0.15) is 18.4 Å². The SMILES string of the molecule is O=C(CCC(=O)Nc1ccccc1Cl)NN=Cc1cc(Br)ccc1O. The van der Waals surface area contributed by atoms with Crippen molar-refractivity contribution in [1.29, 1.82) is 0 Å². The number of hydrazone groups is 1. The number of carbonyl (C=O) groups excluding carboxylic acids is 2. The van der Waals surface area contributed by atoms with Gasteiger partial charge in [0.1, 0.15) is 5.75 Å². The summed E-state index contributed by atoms with van der Waals surface area (Å²) in [5, 5.41) is 16.5. The minimum atomic E-state index is -0.417. The van der Waals surface area contributed by atoms with Gasteiger partial charge in [0.15, 0.2) is 0 Å². The normalized spacial score (nSPS) is 10.6. The monoisotopic (exact) mass is 423 g/mol. The molecule has 6 nitrogen and oxygen atoms in total. The summed E-state index contributed by atoms with van der Waals surface area (Å²) >= 11 is 9.22. The highest BCUT2D eigenvalue weighted by Gasteiger charge is 2.08. The Labute approximate surface area is 158 Å². The molecule has 130 valence electrons. The fraction of sp³-hybridized carbons (Fsp3) is 0.118. The van der Waals surface area contributed by atoms with Crippen molar-refractivity contribution in [2.45, 2.75) is 12.8 Å². The number of phenols is 1. The van der Waals surface area contributed by atoms with Gasteiger partial charge in [0.25, 0.3) is 0 Å². The molecule has 0 fully saturated rings. The molecule has 0 spiro atoms. The van der Waals surface area contributed by atoms with Crippen LogP contribution < -0.4 is 10.7 Å². The minimum Gasteiger partial charge on any atom is -0.507 e. The zero-order chi connectivity index (χ0) is 18.2. The maximum Gasteiger partial charge on any atom is 0.240 e. The molecular weight excluding hydrogens is 410 g/mol. The average Bonchev–Trinajstić information content (AvgIpc) is 2.58. The number of amides is 2. The van der Waals surface area contributed by atoms with Crippen LogP contribution in [-0.2, 0) is 9.59 Å². The second-order valence-corrected chi connectivity index (χ2v) is 6.35. The van der Waals surface area contributed by atoms with Gasteiger partial charge in [-0.2, -0.15) is 5.10 Å². The lowest BCUT2D eigenvalue weighted by molar-refractivity contribution is -0.124. The number of phenolic OH excluding ortho intramolecular Hbond substituents is 1. The molecule has 2 aromatic rings. The molecule has 2 aromatic carbocycles. The summed E-state index contributed by atoms with van der Waals surface area (Å²) in [6.07, 6.45) is 1.29. The van der Waals surface area contributed by atoms with Gasteiger partial charge in [-0.1, -0.05) is 39.7 Å². The number of anilines is 1. The fourth-order valence-corrected chi connectivity index (χ4v) is 2.42. The Morgan fingerprint density at radius 3 is 2.64 bits per heavy atom. The number of halogens is 2. The summed E-state index contributed by atoms with van der Waals surface area (Å²) in [6.45, 7) is 0. The van der Waals surface area contributed by atoms with Crippen molar-refractivity contribution < 1.29 is 14.7 Å². The molecule has 8 heteroatoms. The van der Waals surface area contributed by atoms with Crippen LogP contribution in [0.25, 0.3) is 0 Å². The highest BCUT2D eigenvalue weighted by atomic mass is 79.9. The third-order valence-electron chi connectivity index (χ3n) is 3.11. The fourth-order valence-electron chi connectivity index (χ4n) is 1.86. The maximum atomic E-state index is 11.8. The molecule has 0 radical (unpaired) electrons. The molecule has 0 heterocycles. The highest BCUT2D eigenvalue weighted by Crippen LogP contribution is 2.21. The van der Waals surface area contributed by atoms with Gasteiger partial charge in [-0.3, -0.25) is 9.59 Å². The van der Waals surface area contributed by atoms with Crippen LogP contribution in [0.15, 0.2) is 52.0 Å². The quantitative estimate of drug-likeness (QED) is 0.488. The van der Waals surface area contributed by atoms with E-state index in [1.54, 1.807) is 36.4 Å². The number of carbonyl (C=O) groups is 2. The highest BCUT2D eigenvalue weighted by molar-refractivity contribution is 9.10. The number of para-hydroxylation sites is 1. The third kappa shape index (κ3) is 6.21. The van der Waals surface area contributed by atoms with Crippen molar-refractivity contribution >= 4 is 51.2 Å². The van der Waals surface area contributed by atoms with Gasteiger partial charge >= 0.3 is 0 Å². The average molecular weight is 425 g/mol. The molecule has 0 saturated carbocycles. The zero-order valence-corrected chi connectivity index (χ0v) is 15.3. The van der Waals surface area contributed by atoms with Gasteiger partial charge < -0.3 is 10.4 Å². The van der Waals surface area contributed by atoms with Gasteiger partial charge in [0, 0.05) is 22.9 Å². The van der Waals surface area contributed by atoms with Crippen LogP contribution >= 0.6 is 27.5 Å². The largest absolute Gasteiger partial charge is 0.507 e. The lowest BCUT2D eigenvalue weighted by atomic mass is 10.2. The van der Waals surface area contributed by atoms with E-state index in [0.717, 1.165) is 4.47 Å². The Bertz CT molecular complexity index is 811. The van der Waals surface area contributed by atoms with Crippen molar-refractivity contribution in [2.24, 2.45) is 5.10 Å². The van der Waals surface area contributed by atoms with E-state index < -0.39 is 5.91 Å². The second kappa shape index (κ2) is 9.19. The number of hydrogen-bond acceptors (Lipinski definition) is 4. The van der Waals surface area contributed by atoms with Crippen LogP contribution in [-0.4, -0.2) is 23.1 Å². The summed E-state index contributed by atoms with van der Waals surface area (Å²) in [6, 6.07) is 11.7. The van der Waals surface area contributed by atoms with Gasteiger partial charge in [-0.05, 0) is 30.3 Å². The molecule has 0 bridgehead atoms. The van der Waals surface area contributed by atoms with Crippen LogP contribution in [0.2, 0.25) is 5.02 Å². The maximum absolute atomic E-state index is 11.8. The molecule has 0 aliphatic rings. The molecule has 25 heavy (non-hydrogen) atoms. The van der Waals surface area contributed by atoms with Gasteiger partial charge in [-0.15, -0.1) is 0 Å². The number of hydrogen-bond donors (Lipinski definition) is 3. The Balaban J connectivity index is 1.78. The number of benzene rings is 2. The molecule has 0 aliphatic heterocycles. The summed E-state index contributed by atoms with van der Waals surface area (Å²) in [5.74, 6) is -0.697. The Morgan fingerprint density at radius 2 is 1.88 bits per heavy atom. The van der Waals surface area contributed by atoms with E-state index in [2.05, 4.69) is 31.8 Å². The third-order valence-corrected chi connectivity index (χ3v) is 3.93. The van der Waals surface area contributed by atoms with E-state index in [9.17, 15) is 14.7 Å². The smallest absolute Gasteiger partial charge is 0.240 e. The van der Waals surface area contributed by atoms with Crippen molar-refractivity contribution in [1.82, 2.24) is 5.43 Å². The van der Waals surface area contributed by atoms with Gasteiger partial charge in [0.05, 0.1) is 16.9 Å². The molecule has 0 unspecified atom stereocenters. The molecule has 0 atom stereocenters. The lowest BCUT2D eigenvalue weighted by Gasteiger charge is -2.06. The van der Waals surface area contributed by atoms with Crippen molar-refractivity contribution in [2.75, 3.05) is 5.32 Å². The Hall–Kier alpha value is -2.38. The second-order valence-electron chi connectivity index (χ2n) is 5.02. The first kappa shape index (κ1) is 19.0. The molecule has 0 aliphatic carbocycles. The molecule has 2 amide bonds. The first-order valence-corrected chi connectivity index (χ1v) is 8.47. The van der Waals surface area contributed by atoms with Crippen molar-refractivity contribution in [3.05, 3.63) is 57.5 Å². The number of aromatic hydroxyl groups is 1. The summed E-state index contributed by atoms with van der Waals surface area (Å²) < 4.78 is 0.773. The summed E-state index contributed by atoms with van der Waals surface area (Å²) in [5.41, 5.74) is 3.25. The van der Waals surface area contributed by atoms with Crippen LogP contribution in [0.4, 0.5) is 5.69 Å².